The highest BCUT2D eigenvalue weighted by atomic mass is 32.2. The fraction of sp³-hybridized carbons (Fsp3) is 0.529. The summed E-state index contributed by atoms with van der Waals surface area (Å²) in [5, 5.41) is 12.2. The van der Waals surface area contributed by atoms with Crippen molar-refractivity contribution in [1.29, 1.82) is 0 Å². The minimum Gasteiger partial charge on any atom is -0.396 e. The first-order valence-corrected chi connectivity index (χ1v) is 9.00. The van der Waals surface area contributed by atoms with Crippen LogP contribution in [0.1, 0.15) is 44.7 Å². The van der Waals surface area contributed by atoms with E-state index in [1.54, 1.807) is 11.8 Å². The largest absolute Gasteiger partial charge is 0.396 e. The van der Waals surface area contributed by atoms with Gasteiger partial charge in [-0.3, -0.25) is 4.79 Å². The predicted octanol–water partition coefficient (Wildman–Crippen LogP) is 3.02. The molecule has 0 aliphatic heterocycles. The van der Waals surface area contributed by atoms with Gasteiger partial charge < -0.3 is 15.4 Å². The second kappa shape index (κ2) is 7.84. The summed E-state index contributed by atoms with van der Waals surface area (Å²) in [6.07, 6.45) is 1.36. The van der Waals surface area contributed by atoms with Crippen LogP contribution in [-0.4, -0.2) is 38.9 Å². The van der Waals surface area contributed by atoms with E-state index in [0.29, 0.717) is 12.2 Å². The van der Waals surface area contributed by atoms with Crippen LogP contribution >= 0.6 is 11.8 Å². The van der Waals surface area contributed by atoms with Crippen LogP contribution in [0.15, 0.2) is 24.3 Å². The highest BCUT2D eigenvalue weighted by Crippen LogP contribution is 2.27. The van der Waals surface area contributed by atoms with Crippen molar-refractivity contribution in [3.05, 3.63) is 30.1 Å². The fourth-order valence-corrected chi connectivity index (χ4v) is 3.13. The summed E-state index contributed by atoms with van der Waals surface area (Å²) in [6, 6.07) is 7.91. The van der Waals surface area contributed by atoms with Gasteiger partial charge in [-0.1, -0.05) is 19.1 Å². The molecule has 2 atom stereocenters. The molecule has 5 nitrogen and oxygen atoms in total. The standard InChI is InChI=1S/C17H25N3O2S/c1-4-17(3,9-10-21)20-15(22)11-23-12(2)16-18-13-7-5-6-8-14(13)19-16/h5-8,12,21H,4,9-11H2,1-3H3,(H,18,19)(H,20,22). The zero-order chi connectivity index (χ0) is 16.9. The first kappa shape index (κ1) is 17.8. The van der Waals surface area contributed by atoms with E-state index in [2.05, 4.69) is 15.3 Å². The highest BCUT2D eigenvalue weighted by molar-refractivity contribution is 8.00. The van der Waals surface area contributed by atoms with Crippen molar-refractivity contribution < 1.29 is 9.90 Å². The maximum atomic E-state index is 12.2. The second-order valence-electron chi connectivity index (χ2n) is 6.03. The Morgan fingerprint density at radius 3 is 2.87 bits per heavy atom. The molecule has 0 radical (unpaired) electrons. The van der Waals surface area contributed by atoms with Gasteiger partial charge in [-0.05, 0) is 38.8 Å². The third-order valence-corrected chi connectivity index (χ3v) is 5.29. The van der Waals surface area contributed by atoms with Crippen LogP contribution in [0.5, 0.6) is 0 Å². The van der Waals surface area contributed by atoms with Crippen molar-refractivity contribution in [3.8, 4) is 0 Å². The predicted molar refractivity (Wildman–Crippen MR) is 95.5 cm³/mol. The monoisotopic (exact) mass is 335 g/mol. The van der Waals surface area contributed by atoms with E-state index in [9.17, 15) is 4.79 Å². The van der Waals surface area contributed by atoms with Gasteiger partial charge in [0.05, 0.1) is 22.0 Å². The molecule has 126 valence electrons. The number of carbonyl (C=O) groups is 1. The van der Waals surface area contributed by atoms with Gasteiger partial charge in [-0.2, -0.15) is 0 Å². The van der Waals surface area contributed by atoms with Gasteiger partial charge in [0.15, 0.2) is 0 Å². The molecule has 1 amide bonds. The molecule has 0 fully saturated rings. The SMILES string of the molecule is CCC(C)(CCO)NC(=O)CSC(C)c1nc2ccccc2[nH]1. The minimum atomic E-state index is -0.338. The lowest BCUT2D eigenvalue weighted by atomic mass is 9.95. The molecular weight excluding hydrogens is 310 g/mol. The van der Waals surface area contributed by atoms with Crippen LogP contribution in [0.3, 0.4) is 0 Å². The number of H-pyrrole nitrogens is 1. The topological polar surface area (TPSA) is 78.0 Å². The van der Waals surface area contributed by atoms with Gasteiger partial charge >= 0.3 is 0 Å². The van der Waals surface area contributed by atoms with Gasteiger partial charge in [-0.15, -0.1) is 11.8 Å². The minimum absolute atomic E-state index is 0.00392. The Bertz CT molecular complexity index is 625. The quantitative estimate of drug-likeness (QED) is 0.693. The molecule has 2 unspecified atom stereocenters. The normalized spacial score (nSPS) is 15.3. The first-order valence-electron chi connectivity index (χ1n) is 7.95. The van der Waals surface area contributed by atoms with E-state index in [0.717, 1.165) is 23.3 Å². The molecule has 2 aromatic rings. The number of fused-ring (bicyclic) bond motifs is 1. The molecule has 1 aromatic carbocycles. The molecule has 6 heteroatoms. The third kappa shape index (κ3) is 4.72. The number of benzene rings is 1. The van der Waals surface area contributed by atoms with E-state index in [-0.39, 0.29) is 23.3 Å². The van der Waals surface area contributed by atoms with E-state index in [4.69, 9.17) is 5.11 Å². The zero-order valence-electron chi connectivity index (χ0n) is 13.9. The summed E-state index contributed by atoms with van der Waals surface area (Å²) in [4.78, 5) is 20.0. The highest BCUT2D eigenvalue weighted by Gasteiger charge is 2.24. The Balaban J connectivity index is 1.90. The number of hydrogen-bond acceptors (Lipinski definition) is 4. The van der Waals surface area contributed by atoms with Gasteiger partial charge in [-0.25, -0.2) is 4.98 Å². The van der Waals surface area contributed by atoms with Gasteiger partial charge in [0, 0.05) is 12.1 Å². The molecule has 1 heterocycles. The Hall–Kier alpha value is -1.53. The number of carbonyl (C=O) groups excluding carboxylic acids is 1. The fourth-order valence-electron chi connectivity index (χ4n) is 2.39. The molecule has 0 bridgehead atoms. The van der Waals surface area contributed by atoms with Crippen molar-refractivity contribution in [2.24, 2.45) is 0 Å². The number of aromatic nitrogens is 2. The van der Waals surface area contributed by atoms with E-state index in [1.807, 2.05) is 45.0 Å². The number of rotatable bonds is 8. The number of nitrogens with zero attached hydrogens (tertiary/aromatic N) is 1. The summed E-state index contributed by atoms with van der Waals surface area (Å²) in [5.74, 6) is 1.26. The van der Waals surface area contributed by atoms with Crippen LogP contribution in [0, 0.1) is 0 Å². The van der Waals surface area contributed by atoms with Crippen LogP contribution in [0.2, 0.25) is 0 Å². The third-order valence-electron chi connectivity index (χ3n) is 4.14. The Labute approximate surface area is 141 Å². The number of thioether (sulfide) groups is 1. The molecule has 3 N–H and O–H groups in total. The number of hydrogen-bond donors (Lipinski definition) is 3. The molecule has 0 spiro atoms. The van der Waals surface area contributed by atoms with Gasteiger partial charge in [0.1, 0.15) is 5.82 Å². The molecule has 23 heavy (non-hydrogen) atoms. The number of amides is 1. The molecule has 0 aliphatic carbocycles. The number of aliphatic hydroxyl groups excluding tert-OH is 1. The van der Waals surface area contributed by atoms with E-state index < -0.39 is 0 Å². The van der Waals surface area contributed by atoms with Crippen molar-refractivity contribution >= 4 is 28.7 Å². The van der Waals surface area contributed by atoms with Crippen LogP contribution in [-0.2, 0) is 4.79 Å². The molecule has 1 aromatic heterocycles. The van der Waals surface area contributed by atoms with Crippen molar-refractivity contribution in [1.82, 2.24) is 15.3 Å². The van der Waals surface area contributed by atoms with E-state index in [1.165, 1.54) is 0 Å². The number of aliphatic hydroxyl groups is 1. The van der Waals surface area contributed by atoms with Gasteiger partial charge in [0.2, 0.25) is 5.91 Å². The summed E-state index contributed by atoms with van der Waals surface area (Å²) >= 11 is 1.55. The maximum absolute atomic E-state index is 12.2. The molecule has 2 rings (SSSR count). The van der Waals surface area contributed by atoms with E-state index >= 15 is 0 Å². The van der Waals surface area contributed by atoms with Crippen molar-refractivity contribution in [3.63, 3.8) is 0 Å². The lowest BCUT2D eigenvalue weighted by Crippen LogP contribution is -2.47. The van der Waals surface area contributed by atoms with Crippen LogP contribution < -0.4 is 5.32 Å². The molecule has 0 saturated heterocycles. The average molecular weight is 335 g/mol. The molecule has 0 saturated carbocycles. The summed E-state index contributed by atoms with van der Waals surface area (Å²) in [6.45, 7) is 6.10. The molecule has 0 aliphatic rings. The first-order chi connectivity index (χ1) is 11.0. The van der Waals surface area contributed by atoms with Gasteiger partial charge in [0.25, 0.3) is 0 Å². The number of nitrogens with one attached hydrogen (secondary N) is 2. The van der Waals surface area contributed by atoms with Crippen molar-refractivity contribution in [2.45, 2.75) is 44.4 Å². The summed E-state index contributed by atoms with van der Waals surface area (Å²) < 4.78 is 0. The number of imidazole rings is 1. The summed E-state index contributed by atoms with van der Waals surface area (Å²) in [7, 11) is 0. The zero-order valence-corrected chi connectivity index (χ0v) is 14.7. The summed E-state index contributed by atoms with van der Waals surface area (Å²) in [5.41, 5.74) is 1.62. The molecular formula is C17H25N3O2S. The number of para-hydroxylation sites is 2. The average Bonchev–Trinajstić information content (AvgIpc) is 2.97. The maximum Gasteiger partial charge on any atom is 0.230 e. The lowest BCUT2D eigenvalue weighted by Gasteiger charge is -2.29. The smallest absolute Gasteiger partial charge is 0.230 e. The Kier molecular flexibility index (Phi) is 6.07. The number of aromatic amines is 1. The Morgan fingerprint density at radius 2 is 2.22 bits per heavy atom. The Morgan fingerprint density at radius 1 is 1.48 bits per heavy atom. The second-order valence-corrected chi connectivity index (χ2v) is 7.36. The van der Waals surface area contributed by atoms with Crippen LogP contribution in [0.4, 0.5) is 0 Å². The van der Waals surface area contributed by atoms with Crippen molar-refractivity contribution in [2.75, 3.05) is 12.4 Å². The lowest BCUT2D eigenvalue weighted by molar-refractivity contribution is -0.120. The van der Waals surface area contributed by atoms with Crippen LogP contribution in [0.25, 0.3) is 11.0 Å².